The van der Waals surface area contributed by atoms with E-state index in [1.54, 1.807) is 38.5 Å². The lowest BCUT2D eigenvalue weighted by Crippen LogP contribution is -2.38. The Bertz CT molecular complexity index is 712. The summed E-state index contributed by atoms with van der Waals surface area (Å²) in [4.78, 5) is 29.6. The van der Waals surface area contributed by atoms with Gasteiger partial charge in [-0.2, -0.15) is 0 Å². The van der Waals surface area contributed by atoms with Crippen molar-refractivity contribution in [2.75, 3.05) is 60.3 Å². The van der Waals surface area contributed by atoms with Crippen LogP contribution in [0.1, 0.15) is 18.9 Å². The van der Waals surface area contributed by atoms with Gasteiger partial charge in [-0.25, -0.2) is 0 Å². The summed E-state index contributed by atoms with van der Waals surface area (Å²) in [6.45, 7) is 5.10. The first-order valence-electron chi connectivity index (χ1n) is 9.72. The molecule has 0 N–H and O–H groups in total. The van der Waals surface area contributed by atoms with Gasteiger partial charge >= 0.3 is 0 Å². The highest BCUT2D eigenvalue weighted by Gasteiger charge is 2.41. The molecule has 0 saturated carbocycles. The number of halogens is 1. The number of imide groups is 1. The van der Waals surface area contributed by atoms with E-state index in [4.69, 9.17) is 25.8 Å². The van der Waals surface area contributed by atoms with Crippen molar-refractivity contribution in [3.8, 4) is 0 Å². The Hall–Kier alpha value is -1.93. The normalized spacial score (nSPS) is 14.3. The van der Waals surface area contributed by atoms with E-state index in [0.29, 0.717) is 74.3 Å². The third-order valence-corrected chi connectivity index (χ3v) is 4.85. The van der Waals surface area contributed by atoms with Crippen LogP contribution in [0.2, 0.25) is 5.02 Å². The SMILES string of the molecule is CCOCCCN1C(=O)C(c2ccc(Cl)cc2)=C(N(CCOC)CCOC)C1=O. The van der Waals surface area contributed by atoms with Crippen LogP contribution in [0.15, 0.2) is 30.0 Å². The zero-order valence-corrected chi connectivity index (χ0v) is 18.0. The molecule has 0 aliphatic carbocycles. The topological polar surface area (TPSA) is 68.3 Å². The average molecular weight is 425 g/mol. The van der Waals surface area contributed by atoms with Gasteiger partial charge in [-0.05, 0) is 31.0 Å². The molecule has 1 aliphatic heterocycles. The molecule has 0 saturated heterocycles. The van der Waals surface area contributed by atoms with Crippen LogP contribution in [0.5, 0.6) is 0 Å². The predicted octanol–water partition coefficient (Wildman–Crippen LogP) is 2.44. The Morgan fingerprint density at radius 3 is 2.14 bits per heavy atom. The summed E-state index contributed by atoms with van der Waals surface area (Å²) < 4.78 is 15.7. The van der Waals surface area contributed by atoms with Crippen molar-refractivity contribution in [2.45, 2.75) is 13.3 Å². The van der Waals surface area contributed by atoms with Gasteiger partial charge in [0.15, 0.2) is 0 Å². The van der Waals surface area contributed by atoms with E-state index in [2.05, 4.69) is 0 Å². The standard InChI is InChI=1S/C21H29ClN2O5/c1-4-29-13-5-10-24-20(25)18(16-6-8-17(22)9-7-16)19(21(24)26)23(11-14-27-2)12-15-28-3/h6-9H,4-5,10-15H2,1-3H3. The molecular weight excluding hydrogens is 396 g/mol. The third-order valence-electron chi connectivity index (χ3n) is 4.60. The van der Waals surface area contributed by atoms with Gasteiger partial charge in [-0.15, -0.1) is 0 Å². The number of rotatable bonds is 13. The van der Waals surface area contributed by atoms with E-state index in [0.717, 1.165) is 0 Å². The molecule has 1 aromatic carbocycles. The molecule has 7 nitrogen and oxygen atoms in total. The van der Waals surface area contributed by atoms with E-state index >= 15 is 0 Å². The van der Waals surface area contributed by atoms with Crippen LogP contribution in [-0.2, 0) is 23.8 Å². The van der Waals surface area contributed by atoms with Crippen molar-refractivity contribution in [3.05, 3.63) is 40.5 Å². The molecule has 1 aromatic rings. The highest BCUT2D eigenvalue weighted by Crippen LogP contribution is 2.32. The van der Waals surface area contributed by atoms with Gasteiger partial charge in [0.1, 0.15) is 5.70 Å². The molecule has 29 heavy (non-hydrogen) atoms. The van der Waals surface area contributed by atoms with Gasteiger partial charge in [0.2, 0.25) is 0 Å². The van der Waals surface area contributed by atoms with Gasteiger partial charge in [0, 0.05) is 52.1 Å². The smallest absolute Gasteiger partial charge is 0.277 e. The van der Waals surface area contributed by atoms with Crippen molar-refractivity contribution in [1.82, 2.24) is 9.80 Å². The maximum absolute atomic E-state index is 13.3. The first-order valence-corrected chi connectivity index (χ1v) is 10.1. The summed E-state index contributed by atoms with van der Waals surface area (Å²) in [5.74, 6) is -0.604. The number of hydrogen-bond donors (Lipinski definition) is 0. The maximum Gasteiger partial charge on any atom is 0.277 e. The largest absolute Gasteiger partial charge is 0.383 e. The van der Waals surface area contributed by atoms with Crippen molar-refractivity contribution in [2.24, 2.45) is 0 Å². The summed E-state index contributed by atoms with van der Waals surface area (Å²) in [5.41, 5.74) is 1.42. The van der Waals surface area contributed by atoms with Crippen LogP contribution >= 0.6 is 11.6 Å². The third kappa shape index (κ3) is 6.02. The average Bonchev–Trinajstić information content (AvgIpc) is 2.96. The van der Waals surface area contributed by atoms with E-state index in [-0.39, 0.29) is 11.8 Å². The fraction of sp³-hybridized carbons (Fsp3) is 0.524. The van der Waals surface area contributed by atoms with Crippen LogP contribution in [0.4, 0.5) is 0 Å². The second-order valence-corrected chi connectivity index (χ2v) is 6.95. The van der Waals surface area contributed by atoms with E-state index in [1.165, 1.54) is 4.90 Å². The van der Waals surface area contributed by atoms with Crippen molar-refractivity contribution in [3.63, 3.8) is 0 Å². The lowest BCUT2D eigenvalue weighted by atomic mass is 10.0. The Morgan fingerprint density at radius 2 is 1.59 bits per heavy atom. The molecule has 1 aliphatic rings. The quantitative estimate of drug-likeness (QED) is 0.358. The molecule has 0 aromatic heterocycles. The maximum atomic E-state index is 13.3. The van der Waals surface area contributed by atoms with Crippen molar-refractivity contribution >= 4 is 29.0 Å². The fourth-order valence-corrected chi connectivity index (χ4v) is 3.27. The Balaban J connectivity index is 2.39. The van der Waals surface area contributed by atoms with Crippen LogP contribution in [0.3, 0.4) is 0 Å². The fourth-order valence-electron chi connectivity index (χ4n) is 3.14. The highest BCUT2D eigenvalue weighted by atomic mass is 35.5. The molecule has 0 unspecified atom stereocenters. The highest BCUT2D eigenvalue weighted by molar-refractivity contribution is 6.36. The molecular formula is C21H29ClN2O5. The van der Waals surface area contributed by atoms with Crippen molar-refractivity contribution in [1.29, 1.82) is 0 Å². The monoisotopic (exact) mass is 424 g/mol. The number of nitrogens with zero attached hydrogens (tertiary/aromatic N) is 2. The second-order valence-electron chi connectivity index (χ2n) is 6.52. The summed E-state index contributed by atoms with van der Waals surface area (Å²) in [5, 5.41) is 0.567. The van der Waals surface area contributed by atoms with Gasteiger partial charge in [-0.1, -0.05) is 23.7 Å². The minimum Gasteiger partial charge on any atom is -0.383 e. The Kier molecular flexibility index (Phi) is 9.60. The van der Waals surface area contributed by atoms with E-state index in [1.807, 2.05) is 11.8 Å². The van der Waals surface area contributed by atoms with Crippen LogP contribution < -0.4 is 0 Å². The minimum atomic E-state index is -0.302. The molecule has 2 rings (SSSR count). The molecule has 2 amide bonds. The van der Waals surface area contributed by atoms with Crippen molar-refractivity contribution < 1.29 is 23.8 Å². The zero-order valence-electron chi connectivity index (χ0n) is 17.3. The van der Waals surface area contributed by atoms with Gasteiger partial charge in [0.05, 0.1) is 18.8 Å². The molecule has 0 radical (unpaired) electrons. The first kappa shape index (κ1) is 23.3. The Morgan fingerprint density at radius 1 is 0.966 bits per heavy atom. The number of ether oxygens (including phenoxy) is 3. The van der Waals surface area contributed by atoms with Crippen LogP contribution in [0, 0.1) is 0 Å². The summed E-state index contributed by atoms with van der Waals surface area (Å²) in [6.07, 6.45) is 0.586. The van der Waals surface area contributed by atoms with Gasteiger partial charge < -0.3 is 19.1 Å². The molecule has 0 atom stereocenters. The number of carbonyl (C=O) groups is 2. The number of hydrogen-bond acceptors (Lipinski definition) is 6. The summed E-state index contributed by atoms with van der Waals surface area (Å²) in [7, 11) is 3.20. The predicted molar refractivity (Wildman–Crippen MR) is 112 cm³/mol. The molecule has 0 spiro atoms. The van der Waals surface area contributed by atoms with Gasteiger partial charge in [0.25, 0.3) is 11.8 Å². The van der Waals surface area contributed by atoms with E-state index < -0.39 is 0 Å². The molecule has 0 fully saturated rings. The van der Waals surface area contributed by atoms with Crippen LogP contribution in [0.25, 0.3) is 5.57 Å². The lowest BCUT2D eigenvalue weighted by molar-refractivity contribution is -0.137. The zero-order chi connectivity index (χ0) is 21.2. The minimum absolute atomic E-state index is 0.302. The van der Waals surface area contributed by atoms with E-state index in [9.17, 15) is 9.59 Å². The molecule has 0 bridgehead atoms. The first-order chi connectivity index (χ1) is 14.0. The number of amides is 2. The number of benzene rings is 1. The van der Waals surface area contributed by atoms with Gasteiger partial charge in [-0.3, -0.25) is 14.5 Å². The second kappa shape index (κ2) is 11.9. The molecule has 1 heterocycles. The van der Waals surface area contributed by atoms with Crippen LogP contribution in [-0.4, -0.2) is 81.9 Å². The lowest BCUT2D eigenvalue weighted by Gasteiger charge is -2.25. The molecule has 8 heteroatoms. The summed E-state index contributed by atoms with van der Waals surface area (Å²) in [6, 6.07) is 6.95. The Labute approximate surface area is 177 Å². The summed E-state index contributed by atoms with van der Waals surface area (Å²) >= 11 is 6.01. The number of methoxy groups -OCH3 is 2. The number of carbonyl (C=O) groups excluding carboxylic acids is 2. The molecule has 160 valence electrons.